The van der Waals surface area contributed by atoms with E-state index in [1.165, 1.54) is 31.2 Å². The predicted molar refractivity (Wildman–Crippen MR) is 85.8 cm³/mol. The molecule has 7 heteroatoms. The molecular formula is C16H13ClN5O-. The van der Waals surface area contributed by atoms with Crippen molar-refractivity contribution >= 4 is 23.2 Å². The van der Waals surface area contributed by atoms with Crippen molar-refractivity contribution in [2.45, 2.75) is 18.8 Å². The molecule has 0 atom stereocenters. The maximum absolute atomic E-state index is 11.2. The standard InChI is InChI=1S/C16H14ClN5O/c17-12-8-18-15(10-3-5-11(23)6-4-10)20-16(12)19-14-7-13(21-22-14)9-1-2-9/h3-9,23H,1-2H2,(H2,18,19,20,21,22)/p-1. The molecule has 0 aliphatic heterocycles. The van der Waals surface area contributed by atoms with Crippen LogP contribution in [0, 0.1) is 0 Å². The van der Waals surface area contributed by atoms with Crippen LogP contribution in [-0.2, 0) is 0 Å². The molecule has 23 heavy (non-hydrogen) atoms. The summed E-state index contributed by atoms with van der Waals surface area (Å²) in [5, 5.41) is 22.0. The number of halogens is 1. The van der Waals surface area contributed by atoms with E-state index in [-0.39, 0.29) is 5.75 Å². The summed E-state index contributed by atoms with van der Waals surface area (Å²) in [7, 11) is 0. The van der Waals surface area contributed by atoms with E-state index in [1.807, 2.05) is 6.07 Å². The monoisotopic (exact) mass is 326 g/mol. The van der Waals surface area contributed by atoms with Crippen LogP contribution in [0.25, 0.3) is 11.4 Å². The second kappa shape index (κ2) is 5.55. The van der Waals surface area contributed by atoms with Gasteiger partial charge in [-0.05, 0) is 12.8 Å². The van der Waals surface area contributed by atoms with Crippen molar-refractivity contribution in [2.75, 3.05) is 5.32 Å². The molecule has 1 aliphatic carbocycles. The number of H-pyrrole nitrogens is 1. The summed E-state index contributed by atoms with van der Waals surface area (Å²) < 4.78 is 0. The average molecular weight is 327 g/mol. The zero-order chi connectivity index (χ0) is 15.8. The maximum Gasteiger partial charge on any atom is 0.161 e. The molecular weight excluding hydrogens is 314 g/mol. The summed E-state index contributed by atoms with van der Waals surface area (Å²) in [6.45, 7) is 0. The fraction of sp³-hybridized carbons (Fsp3) is 0.188. The van der Waals surface area contributed by atoms with Gasteiger partial charge in [-0.25, -0.2) is 9.97 Å². The van der Waals surface area contributed by atoms with Crippen molar-refractivity contribution in [2.24, 2.45) is 0 Å². The van der Waals surface area contributed by atoms with E-state index in [0.29, 0.717) is 28.4 Å². The highest BCUT2D eigenvalue weighted by atomic mass is 35.5. The number of benzene rings is 1. The zero-order valence-corrected chi connectivity index (χ0v) is 12.8. The Morgan fingerprint density at radius 1 is 1.22 bits per heavy atom. The number of nitrogens with zero attached hydrogens (tertiary/aromatic N) is 3. The second-order valence-corrected chi connectivity index (χ2v) is 5.93. The minimum absolute atomic E-state index is 0.0507. The largest absolute Gasteiger partial charge is 0.872 e. The van der Waals surface area contributed by atoms with Crippen LogP contribution in [-0.4, -0.2) is 20.2 Å². The third-order valence-corrected chi connectivity index (χ3v) is 3.99. The number of hydrogen-bond donors (Lipinski definition) is 2. The number of hydrogen-bond acceptors (Lipinski definition) is 5. The lowest BCUT2D eigenvalue weighted by atomic mass is 10.2. The van der Waals surface area contributed by atoms with Gasteiger partial charge in [0.25, 0.3) is 0 Å². The van der Waals surface area contributed by atoms with Crippen LogP contribution in [0.15, 0.2) is 36.5 Å². The molecule has 2 aromatic heterocycles. The molecule has 1 saturated carbocycles. The summed E-state index contributed by atoms with van der Waals surface area (Å²) in [5.74, 6) is 2.20. The van der Waals surface area contributed by atoms with E-state index in [9.17, 15) is 5.11 Å². The quantitative estimate of drug-likeness (QED) is 0.768. The molecule has 116 valence electrons. The van der Waals surface area contributed by atoms with Gasteiger partial charge in [-0.1, -0.05) is 35.9 Å². The minimum Gasteiger partial charge on any atom is -0.872 e. The van der Waals surface area contributed by atoms with Crippen LogP contribution < -0.4 is 10.4 Å². The zero-order valence-electron chi connectivity index (χ0n) is 12.1. The van der Waals surface area contributed by atoms with Gasteiger partial charge in [0.05, 0.1) is 6.20 Å². The van der Waals surface area contributed by atoms with Gasteiger partial charge in [-0.3, -0.25) is 5.10 Å². The Hall–Kier alpha value is -2.60. The van der Waals surface area contributed by atoms with E-state index in [0.717, 1.165) is 11.3 Å². The van der Waals surface area contributed by atoms with Gasteiger partial charge in [-0.2, -0.15) is 5.10 Å². The molecule has 2 N–H and O–H groups in total. The lowest BCUT2D eigenvalue weighted by Gasteiger charge is -2.08. The lowest BCUT2D eigenvalue weighted by Crippen LogP contribution is -1.98. The van der Waals surface area contributed by atoms with Gasteiger partial charge >= 0.3 is 0 Å². The first-order valence-corrected chi connectivity index (χ1v) is 7.69. The first kappa shape index (κ1) is 14.0. The van der Waals surface area contributed by atoms with E-state index in [1.54, 1.807) is 12.1 Å². The first-order valence-electron chi connectivity index (χ1n) is 7.31. The molecule has 1 aromatic carbocycles. The van der Waals surface area contributed by atoms with Gasteiger partial charge in [0.15, 0.2) is 17.5 Å². The molecule has 0 spiro atoms. The highest BCUT2D eigenvalue weighted by molar-refractivity contribution is 6.32. The predicted octanol–water partition coefficient (Wildman–Crippen LogP) is 3.21. The Balaban J connectivity index is 1.61. The molecule has 0 saturated heterocycles. The van der Waals surface area contributed by atoms with Crippen LogP contribution in [0.2, 0.25) is 5.02 Å². The van der Waals surface area contributed by atoms with Crippen molar-refractivity contribution in [1.29, 1.82) is 0 Å². The van der Waals surface area contributed by atoms with Gasteiger partial charge in [0.2, 0.25) is 0 Å². The fourth-order valence-corrected chi connectivity index (χ4v) is 2.46. The SMILES string of the molecule is [O-]c1ccc(-c2ncc(Cl)c(Nc3cc(C4CC4)[nH]n3)n2)cc1. The van der Waals surface area contributed by atoms with Crippen molar-refractivity contribution in [3.8, 4) is 17.1 Å². The van der Waals surface area contributed by atoms with Crippen LogP contribution >= 0.6 is 11.6 Å². The molecule has 3 aromatic rings. The number of anilines is 2. The van der Waals surface area contributed by atoms with Gasteiger partial charge in [0, 0.05) is 23.2 Å². The molecule has 2 heterocycles. The average Bonchev–Trinajstić information content (AvgIpc) is 3.30. The summed E-state index contributed by atoms with van der Waals surface area (Å²) >= 11 is 6.17. The van der Waals surface area contributed by atoms with Crippen molar-refractivity contribution in [1.82, 2.24) is 20.2 Å². The summed E-state index contributed by atoms with van der Waals surface area (Å²) in [5.41, 5.74) is 1.88. The van der Waals surface area contributed by atoms with Crippen molar-refractivity contribution < 1.29 is 5.11 Å². The Kier molecular flexibility index (Phi) is 3.38. The summed E-state index contributed by atoms with van der Waals surface area (Å²) in [6, 6.07) is 8.32. The number of aromatic nitrogens is 4. The van der Waals surface area contributed by atoms with E-state index in [4.69, 9.17) is 11.6 Å². The lowest BCUT2D eigenvalue weighted by molar-refractivity contribution is -0.268. The van der Waals surface area contributed by atoms with E-state index >= 15 is 0 Å². The van der Waals surface area contributed by atoms with Crippen LogP contribution in [0.5, 0.6) is 5.75 Å². The highest BCUT2D eigenvalue weighted by Crippen LogP contribution is 2.39. The molecule has 4 rings (SSSR count). The topological polar surface area (TPSA) is 89.5 Å². The number of aromatic amines is 1. The Bertz CT molecular complexity index is 842. The van der Waals surface area contributed by atoms with E-state index in [2.05, 4.69) is 25.5 Å². The highest BCUT2D eigenvalue weighted by Gasteiger charge is 2.25. The van der Waals surface area contributed by atoms with Crippen LogP contribution in [0.4, 0.5) is 11.6 Å². The molecule has 6 nitrogen and oxygen atoms in total. The fourth-order valence-electron chi connectivity index (χ4n) is 2.32. The molecule has 1 aliphatic rings. The van der Waals surface area contributed by atoms with Crippen molar-refractivity contribution in [3.05, 3.63) is 47.2 Å². The normalized spacial score (nSPS) is 14.0. The van der Waals surface area contributed by atoms with Gasteiger partial charge < -0.3 is 10.4 Å². The molecule has 0 radical (unpaired) electrons. The summed E-state index contributed by atoms with van der Waals surface area (Å²) in [4.78, 5) is 8.64. The molecule has 0 unspecified atom stereocenters. The minimum atomic E-state index is -0.0507. The van der Waals surface area contributed by atoms with Crippen LogP contribution in [0.1, 0.15) is 24.5 Å². The summed E-state index contributed by atoms with van der Waals surface area (Å²) in [6.07, 6.45) is 3.94. The number of nitrogens with one attached hydrogen (secondary N) is 2. The van der Waals surface area contributed by atoms with Crippen LogP contribution in [0.3, 0.4) is 0 Å². The second-order valence-electron chi connectivity index (χ2n) is 5.52. The van der Waals surface area contributed by atoms with E-state index < -0.39 is 0 Å². The number of rotatable bonds is 4. The van der Waals surface area contributed by atoms with Gasteiger partial charge in [0.1, 0.15) is 5.02 Å². The Labute approximate surface area is 137 Å². The third kappa shape index (κ3) is 2.98. The maximum atomic E-state index is 11.2. The van der Waals surface area contributed by atoms with Gasteiger partial charge in [-0.15, -0.1) is 5.75 Å². The molecule has 1 fully saturated rings. The Morgan fingerprint density at radius 3 is 2.74 bits per heavy atom. The Morgan fingerprint density at radius 2 is 2.00 bits per heavy atom. The van der Waals surface area contributed by atoms with Crippen molar-refractivity contribution in [3.63, 3.8) is 0 Å². The molecule has 0 bridgehead atoms. The smallest absolute Gasteiger partial charge is 0.161 e. The molecule has 0 amide bonds. The third-order valence-electron chi connectivity index (χ3n) is 3.72. The first-order chi connectivity index (χ1) is 11.2.